The number of benzene rings is 1. The molecular formula is C15H13IN2O4S2. The number of aromatic amines is 1. The Balaban J connectivity index is 1.99. The summed E-state index contributed by atoms with van der Waals surface area (Å²) in [6, 6.07) is 10.1. The molecule has 0 amide bonds. The number of carbonyl (C=O) groups excluding carboxylic acids is 1. The van der Waals surface area contributed by atoms with Crippen LogP contribution in [0.15, 0.2) is 40.6 Å². The number of hydrogen-bond acceptors (Lipinski definition) is 5. The highest BCUT2D eigenvalue weighted by atomic mass is 127. The molecule has 0 aliphatic rings. The lowest BCUT2D eigenvalue weighted by Gasteiger charge is -2.07. The number of thiophene rings is 1. The number of halogens is 1. The van der Waals surface area contributed by atoms with Crippen LogP contribution in [0.3, 0.4) is 0 Å². The van der Waals surface area contributed by atoms with Gasteiger partial charge < -0.3 is 9.72 Å². The van der Waals surface area contributed by atoms with Gasteiger partial charge in [0.15, 0.2) is 0 Å². The average molecular weight is 476 g/mol. The van der Waals surface area contributed by atoms with Gasteiger partial charge in [-0.05, 0) is 53.8 Å². The van der Waals surface area contributed by atoms with Crippen LogP contribution in [0.5, 0.6) is 0 Å². The van der Waals surface area contributed by atoms with Crippen LogP contribution < -0.4 is 4.72 Å². The summed E-state index contributed by atoms with van der Waals surface area (Å²) in [4.78, 5) is 14.8. The van der Waals surface area contributed by atoms with E-state index in [9.17, 15) is 13.2 Å². The number of carbonyl (C=O) groups is 1. The maximum atomic E-state index is 12.5. The predicted octanol–water partition coefficient (Wildman–Crippen LogP) is 3.81. The Morgan fingerprint density at radius 3 is 2.79 bits per heavy atom. The number of fused-ring (bicyclic) bond motifs is 1. The second kappa shape index (κ2) is 6.73. The fourth-order valence-electron chi connectivity index (χ4n) is 2.20. The van der Waals surface area contributed by atoms with Crippen LogP contribution in [0.2, 0.25) is 0 Å². The van der Waals surface area contributed by atoms with Gasteiger partial charge in [0.2, 0.25) is 0 Å². The molecule has 126 valence electrons. The van der Waals surface area contributed by atoms with Crippen molar-refractivity contribution in [2.24, 2.45) is 0 Å². The predicted molar refractivity (Wildman–Crippen MR) is 102 cm³/mol. The molecule has 0 saturated heterocycles. The van der Waals surface area contributed by atoms with E-state index in [-0.39, 0.29) is 16.5 Å². The second-order valence-electron chi connectivity index (χ2n) is 4.84. The van der Waals surface area contributed by atoms with Gasteiger partial charge in [-0.25, -0.2) is 13.2 Å². The maximum Gasteiger partial charge on any atom is 0.354 e. The van der Waals surface area contributed by atoms with Crippen molar-refractivity contribution in [2.75, 3.05) is 11.3 Å². The third-order valence-electron chi connectivity index (χ3n) is 3.21. The Bertz CT molecular complexity index is 1010. The average Bonchev–Trinajstić information content (AvgIpc) is 3.14. The molecule has 0 aliphatic heterocycles. The number of ether oxygens (including phenoxy) is 1. The summed E-state index contributed by atoms with van der Waals surface area (Å²) in [6.45, 7) is 1.99. The minimum Gasteiger partial charge on any atom is -0.461 e. The van der Waals surface area contributed by atoms with Gasteiger partial charge in [0.25, 0.3) is 10.0 Å². The minimum absolute atomic E-state index is 0.237. The summed E-state index contributed by atoms with van der Waals surface area (Å²) < 4.78 is 33.6. The van der Waals surface area contributed by atoms with E-state index in [0.29, 0.717) is 11.2 Å². The van der Waals surface area contributed by atoms with Crippen LogP contribution in [-0.4, -0.2) is 26.0 Å². The minimum atomic E-state index is -3.68. The van der Waals surface area contributed by atoms with Crippen LogP contribution >= 0.6 is 33.9 Å². The SMILES string of the molecule is CCOC(=O)c1cc2cccc(NS(=O)(=O)c3ccc(I)s3)c2[nH]1. The zero-order valence-electron chi connectivity index (χ0n) is 12.5. The number of H-pyrrole nitrogens is 1. The summed E-state index contributed by atoms with van der Waals surface area (Å²) in [6.07, 6.45) is 0. The molecule has 9 heteroatoms. The molecule has 0 unspecified atom stereocenters. The molecule has 2 heterocycles. The standard InChI is InChI=1S/C15H13IN2O4S2/c1-2-22-15(19)11-8-9-4-3-5-10(14(9)17-11)18-24(20,21)13-7-6-12(16)23-13/h3-8,17-18H,2H2,1H3. The Morgan fingerprint density at radius 2 is 2.12 bits per heavy atom. The van der Waals surface area contributed by atoms with E-state index >= 15 is 0 Å². The van der Waals surface area contributed by atoms with Crippen molar-refractivity contribution in [3.63, 3.8) is 0 Å². The number of anilines is 1. The Morgan fingerprint density at radius 1 is 1.33 bits per heavy atom. The van der Waals surface area contributed by atoms with Gasteiger partial charge in [-0.3, -0.25) is 4.72 Å². The molecule has 0 fully saturated rings. The van der Waals surface area contributed by atoms with Gasteiger partial charge in [0.05, 0.1) is 20.7 Å². The number of esters is 1. The largest absolute Gasteiger partial charge is 0.461 e. The molecule has 2 N–H and O–H groups in total. The van der Waals surface area contributed by atoms with E-state index in [1.165, 1.54) is 11.3 Å². The molecule has 1 aromatic carbocycles. The van der Waals surface area contributed by atoms with Crippen molar-refractivity contribution in [1.29, 1.82) is 0 Å². The van der Waals surface area contributed by atoms with Gasteiger partial charge in [-0.15, -0.1) is 11.3 Å². The van der Waals surface area contributed by atoms with E-state index in [2.05, 4.69) is 32.3 Å². The fourth-order valence-corrected chi connectivity index (χ4v) is 5.64. The van der Waals surface area contributed by atoms with E-state index in [4.69, 9.17) is 4.74 Å². The first kappa shape index (κ1) is 17.2. The van der Waals surface area contributed by atoms with Crippen LogP contribution in [0.25, 0.3) is 10.9 Å². The summed E-state index contributed by atoms with van der Waals surface area (Å²) in [5.74, 6) is -0.477. The van der Waals surface area contributed by atoms with Crippen molar-refractivity contribution < 1.29 is 17.9 Å². The Labute approximate surface area is 156 Å². The van der Waals surface area contributed by atoms with Gasteiger partial charge in [-0.2, -0.15) is 0 Å². The highest BCUT2D eigenvalue weighted by Crippen LogP contribution is 2.29. The molecule has 2 aromatic heterocycles. The van der Waals surface area contributed by atoms with Crippen molar-refractivity contribution in [3.05, 3.63) is 45.0 Å². The lowest BCUT2D eigenvalue weighted by Crippen LogP contribution is -2.11. The first-order valence-corrected chi connectivity index (χ1v) is 10.4. The molecule has 0 bridgehead atoms. The van der Waals surface area contributed by atoms with E-state index in [1.807, 2.05) is 0 Å². The highest BCUT2D eigenvalue weighted by Gasteiger charge is 2.19. The first-order chi connectivity index (χ1) is 11.4. The fraction of sp³-hybridized carbons (Fsp3) is 0.133. The zero-order valence-corrected chi connectivity index (χ0v) is 16.3. The zero-order chi connectivity index (χ0) is 17.3. The van der Waals surface area contributed by atoms with Crippen molar-refractivity contribution in [1.82, 2.24) is 4.98 Å². The Hall–Kier alpha value is -1.59. The molecular weight excluding hydrogens is 463 g/mol. The van der Waals surface area contributed by atoms with Crippen molar-refractivity contribution in [2.45, 2.75) is 11.1 Å². The second-order valence-corrected chi connectivity index (χ2v) is 9.72. The normalized spacial score (nSPS) is 11.6. The van der Waals surface area contributed by atoms with Crippen LogP contribution in [0, 0.1) is 2.88 Å². The van der Waals surface area contributed by atoms with Crippen LogP contribution in [-0.2, 0) is 14.8 Å². The molecule has 0 atom stereocenters. The van der Waals surface area contributed by atoms with E-state index in [1.54, 1.807) is 43.3 Å². The number of nitrogens with one attached hydrogen (secondary N) is 2. The summed E-state index contributed by atoms with van der Waals surface area (Å²) in [5, 5.41) is 0.721. The lowest BCUT2D eigenvalue weighted by molar-refractivity contribution is 0.0520. The molecule has 0 aliphatic carbocycles. The quantitative estimate of drug-likeness (QED) is 0.433. The molecule has 0 spiro atoms. The number of para-hydroxylation sites is 1. The molecule has 3 aromatic rings. The number of rotatable bonds is 5. The number of hydrogen-bond donors (Lipinski definition) is 2. The van der Waals surface area contributed by atoms with Gasteiger partial charge in [-0.1, -0.05) is 12.1 Å². The topological polar surface area (TPSA) is 88.3 Å². The van der Waals surface area contributed by atoms with Crippen molar-refractivity contribution in [3.8, 4) is 0 Å². The third kappa shape index (κ3) is 3.42. The highest BCUT2D eigenvalue weighted by molar-refractivity contribution is 14.1. The number of aromatic nitrogens is 1. The van der Waals surface area contributed by atoms with Gasteiger partial charge in [0.1, 0.15) is 9.90 Å². The van der Waals surface area contributed by atoms with Gasteiger partial charge in [0, 0.05) is 5.39 Å². The third-order valence-corrected chi connectivity index (χ3v) is 6.96. The molecule has 3 rings (SSSR count). The van der Waals surface area contributed by atoms with Crippen molar-refractivity contribution >= 4 is 66.5 Å². The lowest BCUT2D eigenvalue weighted by atomic mass is 10.2. The monoisotopic (exact) mass is 476 g/mol. The Kier molecular flexibility index (Phi) is 4.83. The smallest absolute Gasteiger partial charge is 0.354 e. The summed E-state index contributed by atoms with van der Waals surface area (Å²) in [7, 11) is -3.68. The number of sulfonamides is 1. The van der Waals surface area contributed by atoms with Crippen LogP contribution in [0.4, 0.5) is 5.69 Å². The summed E-state index contributed by atoms with van der Waals surface area (Å²) in [5.41, 5.74) is 1.20. The molecule has 0 saturated carbocycles. The molecule has 6 nitrogen and oxygen atoms in total. The molecule has 0 radical (unpaired) electrons. The van der Waals surface area contributed by atoms with Gasteiger partial charge >= 0.3 is 5.97 Å². The van der Waals surface area contributed by atoms with E-state index in [0.717, 1.165) is 8.27 Å². The van der Waals surface area contributed by atoms with E-state index < -0.39 is 16.0 Å². The maximum absolute atomic E-state index is 12.5. The van der Waals surface area contributed by atoms with Crippen LogP contribution in [0.1, 0.15) is 17.4 Å². The molecule has 24 heavy (non-hydrogen) atoms. The first-order valence-electron chi connectivity index (χ1n) is 6.97. The summed E-state index contributed by atoms with van der Waals surface area (Å²) >= 11 is 3.26.